The van der Waals surface area contributed by atoms with Crippen molar-refractivity contribution < 1.29 is 5.11 Å². The average molecular weight is 195 g/mol. The second-order valence-electron chi connectivity index (χ2n) is 3.92. The van der Waals surface area contributed by atoms with Crippen LogP contribution in [-0.4, -0.2) is 39.4 Å². The van der Waals surface area contributed by atoms with Crippen LogP contribution in [0.2, 0.25) is 0 Å². The van der Waals surface area contributed by atoms with E-state index < -0.39 is 0 Å². The summed E-state index contributed by atoms with van der Waals surface area (Å²) >= 11 is 0. The van der Waals surface area contributed by atoms with E-state index in [0.717, 1.165) is 13.0 Å². The molecule has 14 heavy (non-hydrogen) atoms. The maximum atomic E-state index is 9.22. The van der Waals surface area contributed by atoms with Crippen LogP contribution in [0.4, 0.5) is 0 Å². The number of H-pyrrole nitrogens is 1. The molecule has 4 heteroatoms. The Morgan fingerprint density at radius 2 is 2.64 bits per heavy atom. The predicted octanol–water partition coefficient (Wildman–Crippen LogP) is 0.927. The molecule has 2 heterocycles. The Labute approximate surface area is 83.9 Å². The molecule has 78 valence electrons. The fraction of sp³-hybridized carbons (Fsp3) is 0.700. The van der Waals surface area contributed by atoms with Crippen LogP contribution < -0.4 is 0 Å². The summed E-state index contributed by atoms with van der Waals surface area (Å²) in [5.41, 5.74) is 1.20. The lowest BCUT2D eigenvalue weighted by atomic mass is 10.1. The number of aliphatic hydroxyl groups excluding tert-OH is 1. The van der Waals surface area contributed by atoms with Crippen molar-refractivity contribution in [3.63, 3.8) is 0 Å². The number of rotatable bonds is 3. The van der Waals surface area contributed by atoms with Crippen molar-refractivity contribution in [2.75, 3.05) is 13.2 Å². The van der Waals surface area contributed by atoms with Gasteiger partial charge in [-0.2, -0.15) is 5.10 Å². The summed E-state index contributed by atoms with van der Waals surface area (Å²) < 4.78 is 0. The molecule has 0 saturated carbocycles. The normalized spacial score (nSPS) is 25.4. The first kappa shape index (κ1) is 9.68. The van der Waals surface area contributed by atoms with E-state index in [-0.39, 0.29) is 6.61 Å². The fourth-order valence-electron chi connectivity index (χ4n) is 2.24. The molecule has 1 aromatic rings. The highest BCUT2D eigenvalue weighted by Gasteiger charge is 2.28. The van der Waals surface area contributed by atoms with Crippen molar-refractivity contribution >= 4 is 0 Å². The lowest BCUT2D eigenvalue weighted by Crippen LogP contribution is -2.34. The minimum absolute atomic E-state index is 0.266. The van der Waals surface area contributed by atoms with Gasteiger partial charge in [-0.15, -0.1) is 0 Å². The highest BCUT2D eigenvalue weighted by Crippen LogP contribution is 2.28. The van der Waals surface area contributed by atoms with E-state index in [1.54, 1.807) is 0 Å². The second kappa shape index (κ2) is 4.11. The van der Waals surface area contributed by atoms with E-state index in [4.69, 9.17) is 0 Å². The molecule has 1 fully saturated rings. The van der Waals surface area contributed by atoms with Gasteiger partial charge in [0.05, 0.1) is 12.8 Å². The summed E-state index contributed by atoms with van der Waals surface area (Å²) in [5, 5.41) is 16.0. The molecule has 0 aliphatic carbocycles. The van der Waals surface area contributed by atoms with Gasteiger partial charge in [0.25, 0.3) is 0 Å². The molecule has 0 radical (unpaired) electrons. The van der Waals surface area contributed by atoms with E-state index in [0.29, 0.717) is 12.1 Å². The topological polar surface area (TPSA) is 52.2 Å². The molecule has 1 aliphatic rings. The Morgan fingerprint density at radius 1 is 1.79 bits per heavy atom. The molecular weight excluding hydrogens is 178 g/mol. The van der Waals surface area contributed by atoms with Gasteiger partial charge in [-0.25, -0.2) is 0 Å². The second-order valence-corrected chi connectivity index (χ2v) is 3.92. The van der Waals surface area contributed by atoms with Crippen molar-refractivity contribution in [1.29, 1.82) is 0 Å². The SMILES string of the molecule is CC(c1cn[nH]c1)N1CCCC1CO. The van der Waals surface area contributed by atoms with Gasteiger partial charge in [0.15, 0.2) is 0 Å². The first-order valence-electron chi connectivity index (χ1n) is 5.18. The van der Waals surface area contributed by atoms with E-state index in [2.05, 4.69) is 22.0 Å². The molecule has 0 spiro atoms. The van der Waals surface area contributed by atoms with Crippen molar-refractivity contribution in [1.82, 2.24) is 15.1 Å². The minimum atomic E-state index is 0.266. The molecule has 4 nitrogen and oxygen atoms in total. The number of hydrogen-bond acceptors (Lipinski definition) is 3. The van der Waals surface area contributed by atoms with E-state index in [9.17, 15) is 5.11 Å². The van der Waals surface area contributed by atoms with Crippen LogP contribution in [0.3, 0.4) is 0 Å². The molecule has 2 atom stereocenters. The van der Waals surface area contributed by atoms with Crippen molar-refractivity contribution in [3.8, 4) is 0 Å². The Balaban J connectivity index is 2.07. The van der Waals surface area contributed by atoms with Crippen LogP contribution in [-0.2, 0) is 0 Å². The number of aromatic amines is 1. The van der Waals surface area contributed by atoms with Gasteiger partial charge < -0.3 is 5.11 Å². The molecule has 1 aromatic heterocycles. The molecule has 2 N–H and O–H groups in total. The monoisotopic (exact) mass is 195 g/mol. The summed E-state index contributed by atoms with van der Waals surface area (Å²) in [5.74, 6) is 0. The van der Waals surface area contributed by atoms with Crippen LogP contribution >= 0.6 is 0 Å². The summed E-state index contributed by atoms with van der Waals surface area (Å²) in [6.45, 7) is 3.51. The first-order valence-corrected chi connectivity index (χ1v) is 5.18. The third kappa shape index (κ3) is 1.67. The van der Waals surface area contributed by atoms with Gasteiger partial charge in [-0.1, -0.05) is 0 Å². The maximum absolute atomic E-state index is 9.22. The van der Waals surface area contributed by atoms with Crippen molar-refractivity contribution in [2.24, 2.45) is 0 Å². The van der Waals surface area contributed by atoms with E-state index in [1.165, 1.54) is 12.0 Å². The zero-order valence-electron chi connectivity index (χ0n) is 8.48. The molecule has 1 aliphatic heterocycles. The highest BCUT2D eigenvalue weighted by atomic mass is 16.3. The molecule has 0 bridgehead atoms. The number of aromatic nitrogens is 2. The van der Waals surface area contributed by atoms with Gasteiger partial charge in [0.1, 0.15) is 0 Å². The molecule has 0 amide bonds. The predicted molar refractivity (Wildman–Crippen MR) is 53.8 cm³/mol. The van der Waals surface area contributed by atoms with E-state index in [1.807, 2.05) is 12.4 Å². The Bertz CT molecular complexity index is 273. The fourth-order valence-corrected chi connectivity index (χ4v) is 2.24. The quantitative estimate of drug-likeness (QED) is 0.754. The van der Waals surface area contributed by atoms with Gasteiger partial charge >= 0.3 is 0 Å². The zero-order chi connectivity index (χ0) is 9.97. The zero-order valence-corrected chi connectivity index (χ0v) is 8.48. The Morgan fingerprint density at radius 3 is 3.29 bits per heavy atom. The maximum Gasteiger partial charge on any atom is 0.0587 e. The standard InChI is InChI=1S/C10H17N3O/c1-8(9-5-11-12-6-9)13-4-2-3-10(13)7-14/h5-6,8,10,14H,2-4,7H2,1H3,(H,11,12). The average Bonchev–Trinajstić information content (AvgIpc) is 2.87. The van der Waals surface area contributed by atoms with Gasteiger partial charge in [-0.05, 0) is 26.3 Å². The lowest BCUT2D eigenvalue weighted by molar-refractivity contribution is 0.126. The molecule has 0 aromatic carbocycles. The third-order valence-electron chi connectivity index (χ3n) is 3.13. The van der Waals surface area contributed by atoms with Crippen LogP contribution in [0.1, 0.15) is 31.4 Å². The third-order valence-corrected chi connectivity index (χ3v) is 3.13. The Kier molecular flexibility index (Phi) is 2.84. The minimum Gasteiger partial charge on any atom is -0.395 e. The van der Waals surface area contributed by atoms with E-state index >= 15 is 0 Å². The van der Waals surface area contributed by atoms with Gasteiger partial charge in [0.2, 0.25) is 0 Å². The molecule has 2 rings (SSSR count). The van der Waals surface area contributed by atoms with Crippen LogP contribution in [0.15, 0.2) is 12.4 Å². The summed E-state index contributed by atoms with van der Waals surface area (Å²) in [6.07, 6.45) is 6.08. The number of likely N-dealkylation sites (tertiary alicyclic amines) is 1. The summed E-state index contributed by atoms with van der Waals surface area (Å²) in [4.78, 5) is 2.35. The molecular formula is C10H17N3O. The smallest absolute Gasteiger partial charge is 0.0587 e. The number of hydrogen-bond donors (Lipinski definition) is 2. The lowest BCUT2D eigenvalue weighted by Gasteiger charge is -2.28. The molecule has 1 saturated heterocycles. The van der Waals surface area contributed by atoms with Gasteiger partial charge in [-0.3, -0.25) is 10.00 Å². The Hall–Kier alpha value is -0.870. The highest BCUT2D eigenvalue weighted by molar-refractivity contribution is 5.09. The van der Waals surface area contributed by atoms with Crippen LogP contribution in [0.25, 0.3) is 0 Å². The van der Waals surface area contributed by atoms with Crippen LogP contribution in [0, 0.1) is 0 Å². The van der Waals surface area contributed by atoms with Crippen molar-refractivity contribution in [3.05, 3.63) is 18.0 Å². The summed E-state index contributed by atoms with van der Waals surface area (Å²) in [7, 11) is 0. The van der Waals surface area contributed by atoms with Crippen molar-refractivity contribution in [2.45, 2.75) is 31.8 Å². The van der Waals surface area contributed by atoms with Gasteiger partial charge in [0, 0.05) is 23.8 Å². The molecule has 2 unspecified atom stereocenters. The summed E-state index contributed by atoms with van der Waals surface area (Å²) in [6, 6.07) is 0.688. The number of nitrogens with zero attached hydrogens (tertiary/aromatic N) is 2. The number of aliphatic hydroxyl groups is 1. The first-order chi connectivity index (χ1) is 6.83. The largest absolute Gasteiger partial charge is 0.395 e. The number of nitrogens with one attached hydrogen (secondary N) is 1. The van der Waals surface area contributed by atoms with Crippen LogP contribution in [0.5, 0.6) is 0 Å².